The van der Waals surface area contributed by atoms with Crippen LogP contribution in [-0.2, 0) is 16.1 Å². The molecule has 1 aromatic rings. The Kier molecular flexibility index (Phi) is 3.66. The lowest BCUT2D eigenvalue weighted by Crippen LogP contribution is -2.01. The molecule has 0 bridgehead atoms. The summed E-state index contributed by atoms with van der Waals surface area (Å²) in [6, 6.07) is 7.29. The molecule has 14 heavy (non-hydrogen) atoms. The first-order valence-corrected chi connectivity index (χ1v) is 4.75. The number of hydrogen-bond acceptors (Lipinski definition) is 3. The number of carbonyl (C=O) groups is 1. The van der Waals surface area contributed by atoms with Crippen molar-refractivity contribution in [2.45, 2.75) is 13.5 Å². The second-order valence-electron chi connectivity index (χ2n) is 2.66. The molecule has 0 atom stereocenters. The normalized spacial score (nSPS) is 9.21. The van der Waals surface area contributed by atoms with E-state index in [1.807, 2.05) is 6.07 Å². The molecule has 0 saturated heterocycles. The number of benzene rings is 1. The van der Waals surface area contributed by atoms with E-state index in [0.717, 1.165) is 4.47 Å². The van der Waals surface area contributed by atoms with E-state index in [1.165, 1.54) is 6.92 Å². The van der Waals surface area contributed by atoms with Crippen molar-refractivity contribution in [2.24, 2.45) is 0 Å². The van der Waals surface area contributed by atoms with E-state index in [-0.39, 0.29) is 12.6 Å². The van der Waals surface area contributed by atoms with Gasteiger partial charge in [0.25, 0.3) is 0 Å². The number of nitrogens with zero attached hydrogens (tertiary/aromatic N) is 1. The van der Waals surface area contributed by atoms with E-state index in [2.05, 4.69) is 15.9 Å². The molecule has 0 aliphatic carbocycles. The van der Waals surface area contributed by atoms with Crippen LogP contribution in [0, 0.1) is 11.3 Å². The molecule has 3 nitrogen and oxygen atoms in total. The number of nitriles is 1. The minimum absolute atomic E-state index is 0.125. The van der Waals surface area contributed by atoms with Gasteiger partial charge in [-0.3, -0.25) is 4.79 Å². The third-order valence-electron chi connectivity index (χ3n) is 1.66. The first-order valence-electron chi connectivity index (χ1n) is 3.96. The molecule has 0 heterocycles. The number of rotatable bonds is 2. The molecule has 0 saturated carbocycles. The summed E-state index contributed by atoms with van der Waals surface area (Å²) in [6.07, 6.45) is 0. The number of halogens is 1. The Morgan fingerprint density at radius 1 is 1.64 bits per heavy atom. The van der Waals surface area contributed by atoms with E-state index in [1.54, 1.807) is 18.2 Å². The van der Waals surface area contributed by atoms with Gasteiger partial charge in [-0.15, -0.1) is 0 Å². The second kappa shape index (κ2) is 4.77. The van der Waals surface area contributed by atoms with E-state index in [9.17, 15) is 4.79 Å². The highest BCUT2D eigenvalue weighted by Gasteiger charge is 2.07. The van der Waals surface area contributed by atoms with Crippen molar-refractivity contribution in [3.8, 4) is 6.07 Å². The fourth-order valence-electron chi connectivity index (χ4n) is 0.984. The number of hydrogen-bond donors (Lipinski definition) is 0. The molecule has 72 valence electrons. The lowest BCUT2D eigenvalue weighted by atomic mass is 10.1. The molecule has 0 aliphatic heterocycles. The summed E-state index contributed by atoms with van der Waals surface area (Å²) in [4.78, 5) is 10.6. The monoisotopic (exact) mass is 253 g/mol. The molecule has 0 aliphatic rings. The molecule has 0 radical (unpaired) electrons. The van der Waals surface area contributed by atoms with Gasteiger partial charge in [-0.05, 0) is 12.1 Å². The highest BCUT2D eigenvalue weighted by atomic mass is 79.9. The zero-order valence-electron chi connectivity index (χ0n) is 7.58. The third-order valence-corrected chi connectivity index (χ3v) is 2.40. The third kappa shape index (κ3) is 2.57. The van der Waals surface area contributed by atoms with Gasteiger partial charge in [0.1, 0.15) is 6.61 Å². The average molecular weight is 254 g/mol. The zero-order valence-corrected chi connectivity index (χ0v) is 9.17. The maximum atomic E-state index is 10.6. The van der Waals surface area contributed by atoms with E-state index in [0.29, 0.717) is 11.1 Å². The van der Waals surface area contributed by atoms with Crippen molar-refractivity contribution in [1.82, 2.24) is 0 Å². The first kappa shape index (κ1) is 10.7. The predicted octanol–water partition coefficient (Wildman–Crippen LogP) is 2.38. The van der Waals surface area contributed by atoms with Gasteiger partial charge in [0.2, 0.25) is 0 Å². The predicted molar refractivity (Wildman–Crippen MR) is 54.3 cm³/mol. The summed E-state index contributed by atoms with van der Waals surface area (Å²) in [5.41, 5.74) is 1.21. The first-order chi connectivity index (χ1) is 6.65. The molecular weight excluding hydrogens is 246 g/mol. The summed E-state index contributed by atoms with van der Waals surface area (Å²) in [6.45, 7) is 1.46. The van der Waals surface area contributed by atoms with Gasteiger partial charge < -0.3 is 4.74 Å². The van der Waals surface area contributed by atoms with E-state index >= 15 is 0 Å². The largest absolute Gasteiger partial charge is 0.461 e. The van der Waals surface area contributed by atoms with Crippen LogP contribution in [0.3, 0.4) is 0 Å². The molecule has 0 N–H and O–H groups in total. The van der Waals surface area contributed by atoms with Gasteiger partial charge in [-0.25, -0.2) is 0 Å². The van der Waals surface area contributed by atoms with Gasteiger partial charge in [0, 0.05) is 17.0 Å². The molecule has 0 fully saturated rings. The minimum atomic E-state index is -0.357. The fourth-order valence-corrected chi connectivity index (χ4v) is 1.46. The standard InChI is InChI=1S/C10H8BrNO2/c1-7(13)14-6-9-8(5-12)3-2-4-10(9)11/h2-4H,6H2,1H3. The van der Waals surface area contributed by atoms with Gasteiger partial charge in [-0.2, -0.15) is 5.26 Å². The lowest BCUT2D eigenvalue weighted by molar-refractivity contribution is -0.142. The maximum absolute atomic E-state index is 10.6. The van der Waals surface area contributed by atoms with E-state index < -0.39 is 0 Å². The van der Waals surface area contributed by atoms with Crippen molar-refractivity contribution in [2.75, 3.05) is 0 Å². The van der Waals surface area contributed by atoms with Crippen LogP contribution in [0.25, 0.3) is 0 Å². The summed E-state index contributed by atoms with van der Waals surface area (Å²) < 4.78 is 5.61. The van der Waals surface area contributed by atoms with Gasteiger partial charge in [0.15, 0.2) is 0 Å². The Hall–Kier alpha value is -1.34. The van der Waals surface area contributed by atoms with Crippen molar-refractivity contribution < 1.29 is 9.53 Å². The SMILES string of the molecule is CC(=O)OCc1c(Br)cccc1C#N. The number of carbonyl (C=O) groups excluding carboxylic acids is 1. The second-order valence-corrected chi connectivity index (χ2v) is 3.51. The van der Waals surface area contributed by atoms with Gasteiger partial charge >= 0.3 is 5.97 Å². The van der Waals surface area contributed by atoms with Crippen LogP contribution < -0.4 is 0 Å². The number of ether oxygens (including phenoxy) is 1. The molecule has 0 amide bonds. The molecule has 0 aromatic heterocycles. The highest BCUT2D eigenvalue weighted by molar-refractivity contribution is 9.10. The van der Waals surface area contributed by atoms with Crippen LogP contribution in [0.4, 0.5) is 0 Å². The molecule has 1 rings (SSSR count). The number of esters is 1. The highest BCUT2D eigenvalue weighted by Crippen LogP contribution is 2.20. The Morgan fingerprint density at radius 3 is 2.93 bits per heavy atom. The average Bonchev–Trinajstić information content (AvgIpc) is 2.15. The van der Waals surface area contributed by atoms with Crippen molar-refractivity contribution in [3.63, 3.8) is 0 Å². The Morgan fingerprint density at radius 2 is 2.36 bits per heavy atom. The van der Waals surface area contributed by atoms with Crippen molar-refractivity contribution in [1.29, 1.82) is 5.26 Å². The Bertz CT molecular complexity index is 396. The summed E-state index contributed by atoms with van der Waals surface area (Å²) >= 11 is 3.30. The summed E-state index contributed by atoms with van der Waals surface area (Å²) in [7, 11) is 0. The summed E-state index contributed by atoms with van der Waals surface area (Å²) in [5, 5.41) is 8.80. The Balaban J connectivity index is 2.94. The molecule has 0 unspecified atom stereocenters. The summed E-state index contributed by atoms with van der Waals surface area (Å²) in [5.74, 6) is -0.357. The van der Waals surface area contributed by atoms with Crippen LogP contribution in [0.5, 0.6) is 0 Å². The van der Waals surface area contributed by atoms with Crippen LogP contribution in [0.2, 0.25) is 0 Å². The van der Waals surface area contributed by atoms with Gasteiger partial charge in [0.05, 0.1) is 11.6 Å². The maximum Gasteiger partial charge on any atom is 0.302 e. The quantitative estimate of drug-likeness (QED) is 0.761. The molecule has 4 heteroatoms. The van der Waals surface area contributed by atoms with Crippen LogP contribution in [0.1, 0.15) is 18.1 Å². The topological polar surface area (TPSA) is 50.1 Å². The van der Waals surface area contributed by atoms with E-state index in [4.69, 9.17) is 10.00 Å². The smallest absolute Gasteiger partial charge is 0.302 e. The molecule has 1 aromatic carbocycles. The molecule has 0 spiro atoms. The minimum Gasteiger partial charge on any atom is -0.461 e. The zero-order chi connectivity index (χ0) is 10.6. The van der Waals surface area contributed by atoms with Crippen molar-refractivity contribution >= 4 is 21.9 Å². The van der Waals surface area contributed by atoms with Gasteiger partial charge in [-0.1, -0.05) is 22.0 Å². The van der Waals surface area contributed by atoms with Crippen LogP contribution in [0.15, 0.2) is 22.7 Å². The Labute approximate surface area is 90.4 Å². The lowest BCUT2D eigenvalue weighted by Gasteiger charge is -2.06. The van der Waals surface area contributed by atoms with Crippen LogP contribution >= 0.6 is 15.9 Å². The van der Waals surface area contributed by atoms with Crippen LogP contribution in [-0.4, -0.2) is 5.97 Å². The molecular formula is C10H8BrNO2. The fraction of sp³-hybridized carbons (Fsp3) is 0.200. The van der Waals surface area contributed by atoms with Crippen molar-refractivity contribution in [3.05, 3.63) is 33.8 Å².